The molecule has 3 aliphatic rings. The maximum atomic E-state index is 13.8. The number of nitrogens with two attached hydrogens (primary N) is 1. The largest absolute Gasteiger partial charge is 1.00 e. The standard InChI is InChI=1S/C36H35N7O3.ClH/c1-46-36(45)42-28-16-15-25-4-2-5-26-18-31(43(32(25)26)35(28)44)34-39-20-30(41-34)24-13-9-22(10-14-24)21-7-11-23(12-8-21)29-19-38-33(40-29)27-6-3-17-37-27;/h2,4-5,7-14,19-20,27-28,31,37H,3,6,15-18H2,1H3,(H,38,40)(H,39,41)(H,42,45);1H/t27-,28-,31-;/m0./s1. The maximum absolute atomic E-state index is 13.8. The second-order valence-electron chi connectivity index (χ2n) is 12.4. The van der Waals surface area contributed by atoms with Gasteiger partial charge in [-0.3, -0.25) is 9.69 Å². The molecule has 0 aliphatic carbocycles. The zero-order chi connectivity index (χ0) is 31.2. The van der Waals surface area contributed by atoms with Crippen LogP contribution >= 0.6 is 0 Å². The van der Waals surface area contributed by atoms with E-state index >= 15 is 0 Å². The van der Waals surface area contributed by atoms with Gasteiger partial charge in [0.05, 0.1) is 49.2 Å². The van der Waals surface area contributed by atoms with Crippen molar-refractivity contribution in [2.24, 2.45) is 0 Å². The number of imidazole rings is 2. The molecule has 3 aliphatic heterocycles. The van der Waals surface area contributed by atoms with E-state index in [2.05, 4.69) is 86.2 Å². The summed E-state index contributed by atoms with van der Waals surface area (Å²) in [4.78, 5) is 44.1. The van der Waals surface area contributed by atoms with E-state index in [0.29, 0.717) is 25.3 Å². The Hall–Kier alpha value is -4.93. The van der Waals surface area contributed by atoms with Crippen LogP contribution in [-0.2, 0) is 22.4 Å². The minimum atomic E-state index is -0.670. The Labute approximate surface area is 278 Å². The molecule has 1 saturated heterocycles. The third-order valence-electron chi connectivity index (χ3n) is 9.64. The summed E-state index contributed by atoms with van der Waals surface area (Å²) in [6, 6.07) is 22.7. The van der Waals surface area contributed by atoms with Crippen molar-refractivity contribution in [1.82, 2.24) is 25.3 Å². The van der Waals surface area contributed by atoms with Gasteiger partial charge in [0.25, 0.3) is 0 Å². The molecule has 5 N–H and O–H groups in total. The smallest absolute Gasteiger partial charge is 0.407 e. The average molecular weight is 650 g/mol. The first-order valence-electron chi connectivity index (χ1n) is 16.0. The van der Waals surface area contributed by atoms with E-state index in [1.807, 2.05) is 23.4 Å². The van der Waals surface area contributed by atoms with Gasteiger partial charge >= 0.3 is 6.09 Å². The highest BCUT2D eigenvalue weighted by atomic mass is 35.5. The molecule has 2 amide bonds. The molecule has 0 saturated carbocycles. The molecule has 0 unspecified atom stereocenters. The van der Waals surface area contributed by atoms with Crippen LogP contribution in [0.4, 0.5) is 10.5 Å². The Kier molecular flexibility index (Phi) is 8.30. The number of methoxy groups -OCH3 is 1. The fourth-order valence-electron chi connectivity index (χ4n) is 7.22. The second-order valence-corrected chi connectivity index (χ2v) is 12.4. The molecule has 1 fully saturated rings. The van der Waals surface area contributed by atoms with Crippen molar-refractivity contribution in [2.45, 2.75) is 50.2 Å². The Morgan fingerprint density at radius 2 is 1.49 bits per heavy atom. The first kappa shape index (κ1) is 30.7. The van der Waals surface area contributed by atoms with Gasteiger partial charge in [0.1, 0.15) is 17.9 Å². The number of quaternary nitrogens is 1. The number of anilines is 1. The van der Waals surface area contributed by atoms with Gasteiger partial charge in [-0.25, -0.2) is 14.8 Å². The maximum Gasteiger partial charge on any atom is 0.407 e. The number of aryl methyl sites for hydroxylation is 1. The molecule has 3 aromatic carbocycles. The summed E-state index contributed by atoms with van der Waals surface area (Å²) < 4.78 is 4.80. The molecule has 0 bridgehead atoms. The minimum absolute atomic E-state index is 0. The zero-order valence-corrected chi connectivity index (χ0v) is 26.8. The number of H-pyrrole nitrogens is 2. The van der Waals surface area contributed by atoms with Crippen LogP contribution in [-0.4, -0.2) is 51.6 Å². The summed E-state index contributed by atoms with van der Waals surface area (Å²) >= 11 is 0. The molecule has 0 radical (unpaired) electrons. The van der Waals surface area contributed by atoms with E-state index in [0.717, 1.165) is 62.1 Å². The Morgan fingerprint density at radius 1 is 0.872 bits per heavy atom. The lowest BCUT2D eigenvalue weighted by Crippen LogP contribution is -3.00. The molecule has 0 spiro atoms. The van der Waals surface area contributed by atoms with Crippen molar-refractivity contribution < 1.29 is 32.0 Å². The van der Waals surface area contributed by atoms with Crippen LogP contribution in [0.2, 0.25) is 0 Å². The van der Waals surface area contributed by atoms with Gasteiger partial charge in [-0.15, -0.1) is 0 Å². The highest BCUT2D eigenvalue weighted by Crippen LogP contribution is 2.44. The molecule has 47 heavy (non-hydrogen) atoms. The molecular weight excluding hydrogens is 614 g/mol. The first-order chi connectivity index (χ1) is 22.6. The van der Waals surface area contributed by atoms with Gasteiger partial charge in [0.15, 0.2) is 5.82 Å². The van der Waals surface area contributed by atoms with Crippen molar-refractivity contribution in [3.63, 3.8) is 0 Å². The van der Waals surface area contributed by atoms with Gasteiger partial charge in [-0.2, -0.15) is 0 Å². The van der Waals surface area contributed by atoms with Gasteiger partial charge in [0.2, 0.25) is 5.91 Å². The number of benzene rings is 3. The number of aromatic nitrogens is 4. The summed E-state index contributed by atoms with van der Waals surface area (Å²) in [7, 11) is 1.31. The van der Waals surface area contributed by atoms with Gasteiger partial charge < -0.3 is 37.7 Å². The number of aromatic amines is 2. The number of nitrogens with one attached hydrogen (secondary N) is 3. The monoisotopic (exact) mass is 649 g/mol. The van der Waals surface area contributed by atoms with Crippen molar-refractivity contribution in [1.29, 1.82) is 0 Å². The lowest BCUT2D eigenvalue weighted by atomic mass is 10.0. The van der Waals surface area contributed by atoms with Crippen LogP contribution in [0.15, 0.2) is 79.1 Å². The van der Waals surface area contributed by atoms with E-state index in [1.54, 1.807) is 0 Å². The highest BCUT2D eigenvalue weighted by Gasteiger charge is 2.42. The Morgan fingerprint density at radius 3 is 2.13 bits per heavy atom. The summed E-state index contributed by atoms with van der Waals surface area (Å²) in [6.07, 6.45) is 7.43. The van der Waals surface area contributed by atoms with Crippen LogP contribution in [0, 0.1) is 0 Å². The van der Waals surface area contributed by atoms with Gasteiger partial charge in [-0.1, -0.05) is 66.7 Å². The van der Waals surface area contributed by atoms with Gasteiger partial charge in [0, 0.05) is 19.3 Å². The number of nitrogens with zero attached hydrogens (tertiary/aromatic N) is 3. The molecule has 10 nitrogen and oxygen atoms in total. The van der Waals surface area contributed by atoms with Gasteiger partial charge in [-0.05, 0) is 46.2 Å². The number of carbonyl (C=O) groups excluding carboxylic acids is 2. The number of hydrogen-bond donors (Lipinski definition) is 4. The van der Waals surface area contributed by atoms with Crippen molar-refractivity contribution in [3.8, 4) is 33.6 Å². The lowest BCUT2D eigenvalue weighted by molar-refractivity contribution is -0.677. The molecule has 3 atom stereocenters. The molecule has 8 rings (SSSR count). The van der Waals surface area contributed by atoms with Crippen LogP contribution in [0.5, 0.6) is 0 Å². The molecule has 240 valence electrons. The highest BCUT2D eigenvalue weighted by molar-refractivity contribution is 6.02. The van der Waals surface area contributed by atoms with Crippen LogP contribution in [0.25, 0.3) is 33.6 Å². The Balaban J connectivity index is 0.00000351. The Bertz CT molecular complexity index is 1910. The molecule has 5 heterocycles. The van der Waals surface area contributed by atoms with Crippen LogP contribution < -0.4 is 27.9 Å². The normalized spacial score (nSPS) is 20.0. The van der Waals surface area contributed by atoms with Crippen molar-refractivity contribution in [3.05, 3.63) is 102 Å². The average Bonchev–Trinajstić information content (AvgIpc) is 3.91. The summed E-state index contributed by atoms with van der Waals surface area (Å²) in [5.41, 5.74) is 9.49. The number of para-hydroxylation sites is 1. The summed E-state index contributed by atoms with van der Waals surface area (Å²) in [6.45, 7) is 1.17. The summed E-state index contributed by atoms with van der Waals surface area (Å²) in [5.74, 6) is 1.64. The third-order valence-corrected chi connectivity index (χ3v) is 9.64. The number of alkyl carbamates (subject to hydrolysis) is 1. The third kappa shape index (κ3) is 5.68. The zero-order valence-electron chi connectivity index (χ0n) is 26.0. The number of rotatable bonds is 6. The SMILES string of the molecule is COC(=O)N[C@H]1CCc2cccc3c2N(C1=O)[C@H](c1ncc(-c2ccc(-c4ccc(-c5cnc([C@@H]6CCC[NH2+]6)[nH]5)cc4)cc2)[nH]1)C3.[Cl-]. The predicted octanol–water partition coefficient (Wildman–Crippen LogP) is 1.84. The summed E-state index contributed by atoms with van der Waals surface area (Å²) in [5, 5.41) is 5.10. The molecular formula is C36H36ClN7O3. The predicted molar refractivity (Wildman–Crippen MR) is 174 cm³/mol. The second kappa shape index (κ2) is 12.7. The number of amides is 2. The van der Waals surface area contributed by atoms with E-state index in [4.69, 9.17) is 9.72 Å². The fraction of sp³-hybridized carbons (Fsp3) is 0.278. The minimum Gasteiger partial charge on any atom is -1.00 e. The van der Waals surface area contributed by atoms with E-state index in [9.17, 15) is 9.59 Å². The van der Waals surface area contributed by atoms with Crippen molar-refractivity contribution in [2.75, 3.05) is 18.6 Å². The molecule has 5 aromatic rings. The fourth-order valence-corrected chi connectivity index (χ4v) is 7.22. The lowest BCUT2D eigenvalue weighted by Gasteiger charge is -2.27. The quantitative estimate of drug-likeness (QED) is 0.223. The molecule has 11 heteroatoms. The molecule has 2 aromatic heterocycles. The topological polar surface area (TPSA) is 133 Å². The van der Waals surface area contributed by atoms with Crippen LogP contribution in [0.1, 0.15) is 54.1 Å². The van der Waals surface area contributed by atoms with E-state index in [-0.39, 0.29) is 24.4 Å². The number of halogens is 1. The first-order valence-corrected chi connectivity index (χ1v) is 16.0. The van der Waals surface area contributed by atoms with Crippen LogP contribution in [0.3, 0.4) is 0 Å². The van der Waals surface area contributed by atoms with E-state index in [1.165, 1.54) is 26.5 Å². The van der Waals surface area contributed by atoms with E-state index < -0.39 is 12.1 Å². The number of ether oxygens (including phenoxy) is 1. The van der Waals surface area contributed by atoms with Crippen molar-refractivity contribution >= 4 is 17.7 Å². The number of hydrogen-bond acceptors (Lipinski definition) is 5. The number of carbonyl (C=O) groups is 2.